The number of hydrogen-bond acceptors (Lipinski definition) is 3. The van der Waals surface area contributed by atoms with Crippen molar-refractivity contribution in [3.8, 4) is 5.75 Å². The van der Waals surface area contributed by atoms with Crippen LogP contribution >= 0.6 is 0 Å². The van der Waals surface area contributed by atoms with Gasteiger partial charge < -0.3 is 9.84 Å². The minimum atomic E-state index is -4.38. The van der Waals surface area contributed by atoms with Gasteiger partial charge in [0.05, 0.1) is 11.5 Å². The molecule has 0 radical (unpaired) electrons. The van der Waals surface area contributed by atoms with Crippen molar-refractivity contribution >= 4 is 5.97 Å². The number of aliphatic carboxylic acids is 1. The van der Waals surface area contributed by atoms with Crippen LogP contribution in [0.15, 0.2) is 36.4 Å². The van der Waals surface area contributed by atoms with E-state index in [1.807, 2.05) is 26.0 Å². The SMILES string of the molecule is Cc1cc(CN2CC(C(=O)O)C2)cc(C)c1OCc1cccc(C(F)(F)F)c1. The van der Waals surface area contributed by atoms with Crippen LogP contribution in [-0.4, -0.2) is 29.1 Å². The summed E-state index contributed by atoms with van der Waals surface area (Å²) in [5, 5.41) is 8.95. The Morgan fingerprint density at radius 3 is 2.36 bits per heavy atom. The van der Waals surface area contributed by atoms with Crippen molar-refractivity contribution in [2.24, 2.45) is 5.92 Å². The van der Waals surface area contributed by atoms with Crippen molar-refractivity contribution in [3.63, 3.8) is 0 Å². The molecule has 1 aliphatic rings. The van der Waals surface area contributed by atoms with E-state index in [1.54, 1.807) is 6.07 Å². The van der Waals surface area contributed by atoms with E-state index >= 15 is 0 Å². The normalized spacial score (nSPS) is 15.3. The highest BCUT2D eigenvalue weighted by Gasteiger charge is 2.32. The molecule has 1 fully saturated rings. The standard InChI is InChI=1S/C21H22F3NO3/c1-13-6-16(9-25-10-17(11-25)20(26)27)7-14(2)19(13)28-12-15-4-3-5-18(8-15)21(22,23)24/h3-8,17H,9-12H2,1-2H3,(H,26,27). The zero-order valence-electron chi connectivity index (χ0n) is 15.7. The van der Waals surface area contributed by atoms with Gasteiger partial charge in [-0.2, -0.15) is 13.2 Å². The van der Waals surface area contributed by atoms with E-state index in [9.17, 15) is 18.0 Å². The Kier molecular flexibility index (Phi) is 5.65. The quantitative estimate of drug-likeness (QED) is 0.790. The van der Waals surface area contributed by atoms with Gasteiger partial charge in [0, 0.05) is 19.6 Å². The van der Waals surface area contributed by atoms with E-state index in [0.29, 0.717) is 30.9 Å². The third kappa shape index (κ3) is 4.65. The van der Waals surface area contributed by atoms with Crippen LogP contribution in [0.4, 0.5) is 13.2 Å². The molecule has 1 aliphatic heterocycles. The second-order valence-electron chi connectivity index (χ2n) is 7.27. The lowest BCUT2D eigenvalue weighted by molar-refractivity contribution is -0.147. The molecule has 0 aliphatic carbocycles. The number of hydrogen-bond donors (Lipinski definition) is 1. The highest BCUT2D eigenvalue weighted by atomic mass is 19.4. The summed E-state index contributed by atoms with van der Waals surface area (Å²) < 4.78 is 44.3. The predicted molar refractivity (Wildman–Crippen MR) is 98.1 cm³/mol. The molecule has 0 aromatic heterocycles. The van der Waals surface area contributed by atoms with Crippen LogP contribution in [0, 0.1) is 19.8 Å². The molecule has 1 heterocycles. The maximum atomic E-state index is 12.8. The molecule has 28 heavy (non-hydrogen) atoms. The summed E-state index contributed by atoms with van der Waals surface area (Å²) in [5.41, 5.74) is 2.63. The van der Waals surface area contributed by atoms with Crippen LogP contribution in [-0.2, 0) is 24.1 Å². The van der Waals surface area contributed by atoms with Crippen LogP contribution in [0.2, 0.25) is 0 Å². The van der Waals surface area contributed by atoms with Crippen LogP contribution in [0.5, 0.6) is 5.75 Å². The lowest BCUT2D eigenvalue weighted by Gasteiger charge is -2.36. The summed E-state index contributed by atoms with van der Waals surface area (Å²) in [5.74, 6) is -0.396. The Morgan fingerprint density at radius 1 is 1.14 bits per heavy atom. The molecular formula is C21H22F3NO3. The van der Waals surface area contributed by atoms with E-state index in [2.05, 4.69) is 4.90 Å². The Bertz CT molecular complexity index is 850. The summed E-state index contributed by atoms with van der Waals surface area (Å²) >= 11 is 0. The molecule has 0 bridgehead atoms. The van der Waals surface area contributed by atoms with Gasteiger partial charge in [0.15, 0.2) is 0 Å². The Morgan fingerprint density at radius 2 is 1.79 bits per heavy atom. The number of likely N-dealkylation sites (tertiary alicyclic amines) is 1. The number of aryl methyl sites for hydroxylation is 2. The van der Waals surface area contributed by atoms with Crippen LogP contribution in [0.25, 0.3) is 0 Å². The molecule has 0 amide bonds. The van der Waals surface area contributed by atoms with Crippen LogP contribution in [0.1, 0.15) is 27.8 Å². The first-order valence-corrected chi connectivity index (χ1v) is 8.97. The monoisotopic (exact) mass is 393 g/mol. The van der Waals surface area contributed by atoms with E-state index in [4.69, 9.17) is 9.84 Å². The lowest BCUT2D eigenvalue weighted by Crippen LogP contribution is -2.49. The predicted octanol–water partition coefficient (Wildman–Crippen LogP) is 4.42. The minimum Gasteiger partial charge on any atom is -0.488 e. The first kappa shape index (κ1) is 20.2. The summed E-state index contributed by atoms with van der Waals surface area (Å²) in [6, 6.07) is 9.07. The number of nitrogens with zero attached hydrogens (tertiary/aromatic N) is 1. The molecule has 0 saturated carbocycles. The van der Waals surface area contributed by atoms with Crippen molar-refractivity contribution in [1.29, 1.82) is 0 Å². The fourth-order valence-electron chi connectivity index (χ4n) is 3.47. The Hall–Kier alpha value is -2.54. The molecule has 150 valence electrons. The number of alkyl halides is 3. The van der Waals surface area contributed by atoms with E-state index in [0.717, 1.165) is 28.8 Å². The smallest absolute Gasteiger partial charge is 0.416 e. The van der Waals surface area contributed by atoms with E-state index in [1.165, 1.54) is 6.07 Å². The third-order valence-corrected chi connectivity index (χ3v) is 4.87. The lowest BCUT2D eigenvalue weighted by atomic mass is 9.98. The van der Waals surface area contributed by atoms with Gasteiger partial charge in [0.1, 0.15) is 12.4 Å². The molecule has 0 atom stereocenters. The summed E-state index contributed by atoms with van der Waals surface area (Å²) in [7, 11) is 0. The van der Waals surface area contributed by atoms with Gasteiger partial charge in [-0.1, -0.05) is 24.3 Å². The van der Waals surface area contributed by atoms with E-state index in [-0.39, 0.29) is 12.5 Å². The number of carbonyl (C=O) groups is 1. The highest BCUT2D eigenvalue weighted by Crippen LogP contribution is 2.31. The molecule has 1 saturated heterocycles. The number of ether oxygens (including phenoxy) is 1. The summed E-state index contributed by atoms with van der Waals surface area (Å²) in [6.07, 6.45) is -4.38. The largest absolute Gasteiger partial charge is 0.488 e. The summed E-state index contributed by atoms with van der Waals surface area (Å²) in [6.45, 7) is 5.60. The van der Waals surface area contributed by atoms with Crippen molar-refractivity contribution in [2.75, 3.05) is 13.1 Å². The Labute approximate surface area is 161 Å². The van der Waals surface area contributed by atoms with Crippen molar-refractivity contribution in [2.45, 2.75) is 33.2 Å². The molecule has 1 N–H and O–H groups in total. The molecule has 0 unspecified atom stereocenters. The molecule has 3 rings (SSSR count). The van der Waals surface area contributed by atoms with Gasteiger partial charge in [-0.25, -0.2) is 0 Å². The second-order valence-corrected chi connectivity index (χ2v) is 7.27. The number of rotatable bonds is 6. The van der Waals surface area contributed by atoms with Crippen molar-refractivity contribution in [1.82, 2.24) is 4.90 Å². The first-order valence-electron chi connectivity index (χ1n) is 8.97. The van der Waals surface area contributed by atoms with Gasteiger partial charge in [-0.15, -0.1) is 0 Å². The van der Waals surface area contributed by atoms with Crippen LogP contribution in [0.3, 0.4) is 0 Å². The second kappa shape index (κ2) is 7.83. The van der Waals surface area contributed by atoms with Crippen molar-refractivity contribution < 1.29 is 27.8 Å². The van der Waals surface area contributed by atoms with Gasteiger partial charge in [0.2, 0.25) is 0 Å². The zero-order valence-corrected chi connectivity index (χ0v) is 15.7. The average molecular weight is 393 g/mol. The third-order valence-electron chi connectivity index (χ3n) is 4.87. The van der Waals surface area contributed by atoms with Crippen LogP contribution < -0.4 is 4.74 Å². The average Bonchev–Trinajstić information content (AvgIpc) is 2.56. The van der Waals surface area contributed by atoms with Crippen molar-refractivity contribution in [3.05, 3.63) is 64.2 Å². The maximum absolute atomic E-state index is 12.8. The number of carboxylic acid groups (broad SMARTS) is 1. The molecule has 4 nitrogen and oxygen atoms in total. The topological polar surface area (TPSA) is 49.8 Å². The molecule has 2 aromatic rings. The fourth-order valence-corrected chi connectivity index (χ4v) is 3.47. The minimum absolute atomic E-state index is 0.0529. The Balaban J connectivity index is 1.65. The first-order chi connectivity index (χ1) is 13.1. The molecule has 2 aromatic carbocycles. The molecule has 0 spiro atoms. The number of benzene rings is 2. The van der Waals surface area contributed by atoms with Gasteiger partial charge >= 0.3 is 12.1 Å². The zero-order chi connectivity index (χ0) is 20.5. The number of carboxylic acids is 1. The summed E-state index contributed by atoms with van der Waals surface area (Å²) in [4.78, 5) is 13.0. The highest BCUT2D eigenvalue weighted by molar-refractivity contribution is 5.71. The van der Waals surface area contributed by atoms with E-state index < -0.39 is 17.7 Å². The van der Waals surface area contributed by atoms with Gasteiger partial charge in [0.25, 0.3) is 0 Å². The molecular weight excluding hydrogens is 371 g/mol. The fraction of sp³-hybridized carbons (Fsp3) is 0.381. The van der Waals surface area contributed by atoms with Gasteiger partial charge in [-0.3, -0.25) is 9.69 Å². The van der Waals surface area contributed by atoms with Gasteiger partial charge in [-0.05, 0) is 48.2 Å². The number of halogens is 3. The maximum Gasteiger partial charge on any atom is 0.416 e. The molecule has 7 heteroatoms.